The van der Waals surface area contributed by atoms with Crippen molar-refractivity contribution in [2.24, 2.45) is 0 Å². The second-order valence-electron chi connectivity index (χ2n) is 4.99. The molecule has 1 amide bonds. The van der Waals surface area contributed by atoms with Crippen molar-refractivity contribution in [1.29, 1.82) is 0 Å². The molecular formula is C17H16N2O3S. The van der Waals surface area contributed by atoms with Crippen LogP contribution in [0.4, 0.5) is 5.69 Å². The number of amides is 1. The van der Waals surface area contributed by atoms with Crippen molar-refractivity contribution in [2.75, 3.05) is 5.32 Å². The van der Waals surface area contributed by atoms with Crippen molar-refractivity contribution >= 4 is 22.9 Å². The van der Waals surface area contributed by atoms with Crippen LogP contribution in [0.3, 0.4) is 0 Å². The van der Waals surface area contributed by atoms with E-state index in [9.17, 15) is 4.79 Å². The Morgan fingerprint density at radius 1 is 1.30 bits per heavy atom. The summed E-state index contributed by atoms with van der Waals surface area (Å²) in [6.45, 7) is 3.69. The van der Waals surface area contributed by atoms with E-state index in [4.69, 9.17) is 9.15 Å². The molecule has 3 aromatic rings. The summed E-state index contributed by atoms with van der Waals surface area (Å²) in [7, 11) is 0. The monoisotopic (exact) mass is 328 g/mol. The number of nitrogens with zero attached hydrogens (tertiary/aromatic N) is 1. The lowest BCUT2D eigenvalue weighted by Gasteiger charge is -2.06. The van der Waals surface area contributed by atoms with Gasteiger partial charge in [-0.3, -0.25) is 4.79 Å². The maximum absolute atomic E-state index is 11.0. The maximum Gasteiger partial charge on any atom is 0.236 e. The van der Waals surface area contributed by atoms with Crippen LogP contribution in [-0.2, 0) is 11.4 Å². The van der Waals surface area contributed by atoms with Gasteiger partial charge < -0.3 is 14.5 Å². The quantitative estimate of drug-likeness (QED) is 0.760. The summed E-state index contributed by atoms with van der Waals surface area (Å²) in [5.41, 5.74) is 1.52. The molecule has 2 heterocycles. The number of aromatic nitrogens is 1. The number of carbonyl (C=O) groups is 1. The lowest BCUT2D eigenvalue weighted by molar-refractivity contribution is -0.114. The summed E-state index contributed by atoms with van der Waals surface area (Å²) in [6, 6.07) is 11.1. The molecular weight excluding hydrogens is 312 g/mol. The number of rotatable bonds is 5. The first-order valence-corrected chi connectivity index (χ1v) is 8.00. The van der Waals surface area contributed by atoms with E-state index in [-0.39, 0.29) is 5.91 Å². The van der Waals surface area contributed by atoms with Gasteiger partial charge in [-0.15, -0.1) is 11.3 Å². The Morgan fingerprint density at radius 3 is 2.74 bits per heavy atom. The molecule has 6 heteroatoms. The number of nitrogens with one attached hydrogen (secondary N) is 1. The molecule has 3 rings (SSSR count). The Kier molecular flexibility index (Phi) is 4.43. The van der Waals surface area contributed by atoms with E-state index < -0.39 is 0 Å². The van der Waals surface area contributed by atoms with Gasteiger partial charge in [0.25, 0.3) is 0 Å². The van der Waals surface area contributed by atoms with Crippen molar-refractivity contribution < 1.29 is 13.9 Å². The molecule has 0 aliphatic heterocycles. The number of carbonyl (C=O) groups excluding carboxylic acids is 1. The number of hydrogen-bond donors (Lipinski definition) is 1. The fourth-order valence-corrected chi connectivity index (χ4v) is 2.71. The molecule has 0 fully saturated rings. The van der Waals surface area contributed by atoms with Gasteiger partial charge in [-0.1, -0.05) is 6.07 Å². The van der Waals surface area contributed by atoms with Crippen LogP contribution in [0.5, 0.6) is 5.75 Å². The third kappa shape index (κ3) is 3.78. The van der Waals surface area contributed by atoms with Gasteiger partial charge in [-0.05, 0) is 42.6 Å². The first-order chi connectivity index (χ1) is 11.1. The minimum Gasteiger partial charge on any atom is -0.487 e. The third-order valence-corrected chi connectivity index (χ3v) is 4.03. The zero-order chi connectivity index (χ0) is 16.2. The van der Waals surface area contributed by atoms with E-state index in [1.165, 1.54) is 6.92 Å². The van der Waals surface area contributed by atoms with E-state index in [2.05, 4.69) is 10.3 Å². The number of ether oxygens (including phenoxy) is 1. The Labute approximate surface area is 137 Å². The number of benzene rings is 1. The normalized spacial score (nSPS) is 10.5. The van der Waals surface area contributed by atoms with E-state index in [0.29, 0.717) is 18.2 Å². The molecule has 0 bridgehead atoms. The molecule has 1 N–H and O–H groups in total. The average molecular weight is 328 g/mol. The van der Waals surface area contributed by atoms with Crippen LogP contribution in [0, 0.1) is 6.92 Å². The molecule has 0 saturated heterocycles. The summed E-state index contributed by atoms with van der Waals surface area (Å²) in [5.74, 6) is 1.98. The molecule has 0 atom stereocenters. The minimum atomic E-state index is -0.0991. The van der Waals surface area contributed by atoms with Crippen molar-refractivity contribution in [2.45, 2.75) is 20.5 Å². The fourth-order valence-electron chi connectivity index (χ4n) is 2.06. The smallest absolute Gasteiger partial charge is 0.236 e. The van der Waals surface area contributed by atoms with Crippen molar-refractivity contribution in [3.8, 4) is 16.5 Å². The third-order valence-electron chi connectivity index (χ3n) is 3.17. The highest BCUT2D eigenvalue weighted by atomic mass is 32.1. The molecule has 0 aliphatic rings. The number of oxazole rings is 1. The van der Waals surface area contributed by atoms with Crippen molar-refractivity contribution in [1.82, 2.24) is 4.98 Å². The van der Waals surface area contributed by atoms with Crippen LogP contribution in [-0.4, -0.2) is 10.9 Å². The lowest BCUT2D eigenvalue weighted by atomic mass is 10.3. The molecule has 118 valence electrons. The lowest BCUT2D eigenvalue weighted by Crippen LogP contribution is -2.05. The van der Waals surface area contributed by atoms with Crippen LogP contribution in [0.15, 0.2) is 46.2 Å². The maximum atomic E-state index is 11.0. The van der Waals surface area contributed by atoms with Gasteiger partial charge in [0, 0.05) is 12.6 Å². The highest BCUT2D eigenvalue weighted by Gasteiger charge is 2.12. The van der Waals surface area contributed by atoms with Crippen LogP contribution in [0.25, 0.3) is 10.8 Å². The number of anilines is 1. The predicted molar refractivity (Wildman–Crippen MR) is 89.6 cm³/mol. The molecule has 0 saturated carbocycles. The second-order valence-corrected chi connectivity index (χ2v) is 5.94. The summed E-state index contributed by atoms with van der Waals surface area (Å²) in [5, 5.41) is 4.70. The standard InChI is InChI=1S/C17H16N2O3S/c1-11-15(19-17(22-11)16-4-3-9-23-16)10-21-14-7-5-13(6-8-14)18-12(2)20/h3-9H,10H2,1-2H3,(H,18,20). The zero-order valence-corrected chi connectivity index (χ0v) is 13.6. The first kappa shape index (κ1) is 15.3. The average Bonchev–Trinajstić information content (AvgIpc) is 3.15. The number of hydrogen-bond acceptors (Lipinski definition) is 5. The Hall–Kier alpha value is -2.60. The van der Waals surface area contributed by atoms with E-state index >= 15 is 0 Å². The van der Waals surface area contributed by atoms with Gasteiger partial charge in [-0.2, -0.15) is 0 Å². The molecule has 23 heavy (non-hydrogen) atoms. The summed E-state index contributed by atoms with van der Waals surface area (Å²) in [6.07, 6.45) is 0. The molecule has 0 aliphatic carbocycles. The summed E-state index contributed by atoms with van der Waals surface area (Å²) >= 11 is 1.59. The topological polar surface area (TPSA) is 64.4 Å². The second kappa shape index (κ2) is 6.66. The van der Waals surface area contributed by atoms with Gasteiger partial charge in [0.2, 0.25) is 11.8 Å². The molecule has 5 nitrogen and oxygen atoms in total. The molecule has 1 aromatic carbocycles. The summed E-state index contributed by atoms with van der Waals surface area (Å²) < 4.78 is 11.4. The predicted octanol–water partition coefficient (Wildman–Crippen LogP) is 4.25. The molecule has 2 aromatic heterocycles. The van der Waals surface area contributed by atoms with Gasteiger partial charge in [-0.25, -0.2) is 4.98 Å². The van der Waals surface area contributed by atoms with Gasteiger partial charge in [0.1, 0.15) is 23.8 Å². The largest absolute Gasteiger partial charge is 0.487 e. The number of aryl methyl sites for hydroxylation is 1. The van der Waals surface area contributed by atoms with Crippen LogP contribution >= 0.6 is 11.3 Å². The minimum absolute atomic E-state index is 0.0991. The fraction of sp³-hybridized carbons (Fsp3) is 0.176. The van der Waals surface area contributed by atoms with E-state index in [0.717, 1.165) is 22.0 Å². The van der Waals surface area contributed by atoms with Crippen LogP contribution in [0.2, 0.25) is 0 Å². The van der Waals surface area contributed by atoms with E-state index in [1.807, 2.05) is 24.4 Å². The Balaban J connectivity index is 1.65. The van der Waals surface area contributed by atoms with Gasteiger partial charge in [0.15, 0.2) is 0 Å². The number of thiophene rings is 1. The van der Waals surface area contributed by atoms with Crippen LogP contribution in [0.1, 0.15) is 18.4 Å². The Bertz CT molecular complexity index is 792. The SMILES string of the molecule is CC(=O)Nc1ccc(OCc2nc(-c3cccs3)oc2C)cc1. The Morgan fingerprint density at radius 2 is 2.09 bits per heavy atom. The van der Waals surface area contributed by atoms with E-state index in [1.54, 1.807) is 35.6 Å². The van der Waals surface area contributed by atoms with Gasteiger partial charge in [0.05, 0.1) is 4.88 Å². The highest BCUT2D eigenvalue weighted by molar-refractivity contribution is 7.13. The zero-order valence-electron chi connectivity index (χ0n) is 12.8. The molecule has 0 unspecified atom stereocenters. The first-order valence-electron chi connectivity index (χ1n) is 7.12. The van der Waals surface area contributed by atoms with Crippen molar-refractivity contribution in [3.05, 3.63) is 53.2 Å². The molecule has 0 spiro atoms. The highest BCUT2D eigenvalue weighted by Crippen LogP contribution is 2.26. The van der Waals surface area contributed by atoms with Crippen LogP contribution < -0.4 is 10.1 Å². The summed E-state index contributed by atoms with van der Waals surface area (Å²) in [4.78, 5) is 16.5. The molecule has 0 radical (unpaired) electrons. The van der Waals surface area contributed by atoms with Gasteiger partial charge >= 0.3 is 0 Å². The van der Waals surface area contributed by atoms with Crippen molar-refractivity contribution in [3.63, 3.8) is 0 Å².